The van der Waals surface area contributed by atoms with Gasteiger partial charge in [-0.2, -0.15) is 0 Å². The summed E-state index contributed by atoms with van der Waals surface area (Å²) in [6, 6.07) is 12.6. The number of hydrogen-bond donors (Lipinski definition) is 1. The van der Waals surface area contributed by atoms with Gasteiger partial charge in [-0.15, -0.1) is 0 Å². The highest BCUT2D eigenvalue weighted by Crippen LogP contribution is 2.21. The molecule has 0 saturated carbocycles. The van der Waals surface area contributed by atoms with E-state index in [0.29, 0.717) is 23.6 Å². The number of nitrogens with one attached hydrogen (secondary N) is 1. The average Bonchev–Trinajstić information content (AvgIpc) is 2.55. The van der Waals surface area contributed by atoms with Gasteiger partial charge in [-0.1, -0.05) is 11.6 Å². The number of carbonyl (C=O) groups is 1. The number of halogens is 1. The van der Waals surface area contributed by atoms with E-state index in [0.717, 1.165) is 17.1 Å². The van der Waals surface area contributed by atoms with Crippen LogP contribution in [0.5, 0.6) is 11.5 Å². The van der Waals surface area contributed by atoms with Gasteiger partial charge in [0.2, 0.25) is 0 Å². The first-order chi connectivity index (χ1) is 10.6. The summed E-state index contributed by atoms with van der Waals surface area (Å²) < 4.78 is 11.0. The van der Waals surface area contributed by atoms with E-state index >= 15 is 0 Å². The lowest BCUT2D eigenvalue weighted by Crippen LogP contribution is -2.18. The molecule has 2 rings (SSSR count). The van der Waals surface area contributed by atoms with E-state index in [-0.39, 0.29) is 5.91 Å². The molecule has 0 unspecified atom stereocenters. The molecule has 1 amide bonds. The first-order valence-electron chi connectivity index (χ1n) is 6.91. The molecule has 22 heavy (non-hydrogen) atoms. The van der Waals surface area contributed by atoms with Crippen molar-refractivity contribution < 1.29 is 14.3 Å². The van der Waals surface area contributed by atoms with Crippen LogP contribution in [0, 0.1) is 0 Å². The molecule has 116 valence electrons. The van der Waals surface area contributed by atoms with Gasteiger partial charge in [-0.05, 0) is 48.0 Å². The van der Waals surface area contributed by atoms with Gasteiger partial charge < -0.3 is 14.8 Å². The monoisotopic (exact) mass is 319 g/mol. The van der Waals surface area contributed by atoms with Crippen molar-refractivity contribution >= 4 is 17.5 Å². The second-order valence-corrected chi connectivity index (χ2v) is 5.09. The summed E-state index contributed by atoms with van der Waals surface area (Å²) in [6.07, 6.45) is 0.636. The normalized spacial score (nSPS) is 10.1. The minimum atomic E-state index is -0.123. The van der Waals surface area contributed by atoms with Crippen molar-refractivity contribution in [2.75, 3.05) is 20.8 Å². The Kier molecular flexibility index (Phi) is 5.67. The summed E-state index contributed by atoms with van der Waals surface area (Å²) in [5.74, 6) is 1.38. The van der Waals surface area contributed by atoms with Gasteiger partial charge in [0, 0.05) is 24.1 Å². The Hall–Kier alpha value is -2.20. The number of amides is 1. The van der Waals surface area contributed by atoms with Crippen LogP contribution in [-0.2, 0) is 6.42 Å². The van der Waals surface area contributed by atoms with Crippen molar-refractivity contribution in [1.29, 1.82) is 0 Å². The van der Waals surface area contributed by atoms with Crippen molar-refractivity contribution in [1.82, 2.24) is 5.32 Å². The highest BCUT2D eigenvalue weighted by atomic mass is 35.5. The van der Waals surface area contributed by atoms with Gasteiger partial charge >= 0.3 is 0 Å². The summed E-state index contributed by atoms with van der Waals surface area (Å²) in [6.45, 7) is 0.481. The predicted molar refractivity (Wildman–Crippen MR) is 87.0 cm³/mol. The van der Waals surface area contributed by atoms with E-state index in [2.05, 4.69) is 5.32 Å². The summed E-state index contributed by atoms with van der Waals surface area (Å²) in [5, 5.41) is 3.28. The van der Waals surface area contributed by atoms with Gasteiger partial charge in [0.25, 0.3) is 5.91 Å². The molecule has 4 nitrogen and oxygen atoms in total. The standard InChI is InChI=1S/C17H18ClNO3/c1-19-17(20)13-3-8-16(21-2)12(11-13)9-10-22-15-6-4-14(18)5-7-15/h3-8,11H,9-10H2,1-2H3,(H,19,20). The van der Waals surface area contributed by atoms with Crippen LogP contribution in [0.1, 0.15) is 15.9 Å². The fourth-order valence-electron chi connectivity index (χ4n) is 2.07. The largest absolute Gasteiger partial charge is 0.496 e. The van der Waals surface area contributed by atoms with E-state index in [9.17, 15) is 4.79 Å². The molecule has 0 saturated heterocycles. The van der Waals surface area contributed by atoms with E-state index in [1.54, 1.807) is 38.4 Å². The molecule has 2 aromatic carbocycles. The average molecular weight is 320 g/mol. The zero-order valence-electron chi connectivity index (χ0n) is 12.6. The Morgan fingerprint density at radius 3 is 2.55 bits per heavy atom. The Morgan fingerprint density at radius 1 is 1.18 bits per heavy atom. The van der Waals surface area contributed by atoms with Crippen LogP contribution in [-0.4, -0.2) is 26.7 Å². The molecule has 0 spiro atoms. The zero-order valence-corrected chi connectivity index (χ0v) is 13.3. The molecular formula is C17H18ClNO3. The molecule has 0 heterocycles. The van der Waals surface area contributed by atoms with Crippen LogP contribution in [0.3, 0.4) is 0 Å². The van der Waals surface area contributed by atoms with Crippen molar-refractivity contribution in [3.8, 4) is 11.5 Å². The molecule has 0 aliphatic rings. The van der Waals surface area contributed by atoms with Crippen molar-refractivity contribution in [2.45, 2.75) is 6.42 Å². The first kappa shape index (κ1) is 16.2. The van der Waals surface area contributed by atoms with Crippen molar-refractivity contribution in [2.24, 2.45) is 0 Å². The molecule has 2 aromatic rings. The number of benzene rings is 2. The number of hydrogen-bond acceptors (Lipinski definition) is 3. The number of ether oxygens (including phenoxy) is 2. The SMILES string of the molecule is CNC(=O)c1ccc(OC)c(CCOc2ccc(Cl)cc2)c1. The second-order valence-electron chi connectivity index (χ2n) is 4.66. The van der Waals surface area contributed by atoms with Gasteiger partial charge in [-0.3, -0.25) is 4.79 Å². The Morgan fingerprint density at radius 2 is 1.91 bits per heavy atom. The lowest BCUT2D eigenvalue weighted by molar-refractivity contribution is 0.0963. The predicted octanol–water partition coefficient (Wildman–Crippen LogP) is 3.33. The minimum absolute atomic E-state index is 0.123. The van der Waals surface area contributed by atoms with E-state index < -0.39 is 0 Å². The molecule has 0 aliphatic heterocycles. The Bertz CT molecular complexity index is 641. The van der Waals surface area contributed by atoms with E-state index in [4.69, 9.17) is 21.1 Å². The highest BCUT2D eigenvalue weighted by molar-refractivity contribution is 6.30. The van der Waals surface area contributed by atoms with Crippen LogP contribution >= 0.6 is 11.6 Å². The quantitative estimate of drug-likeness (QED) is 0.888. The number of carbonyl (C=O) groups excluding carboxylic acids is 1. The van der Waals surface area contributed by atoms with E-state index in [1.807, 2.05) is 18.2 Å². The number of methoxy groups -OCH3 is 1. The third-order valence-electron chi connectivity index (χ3n) is 3.22. The highest BCUT2D eigenvalue weighted by Gasteiger charge is 2.09. The lowest BCUT2D eigenvalue weighted by Gasteiger charge is -2.11. The molecule has 0 bridgehead atoms. The lowest BCUT2D eigenvalue weighted by atomic mass is 10.1. The van der Waals surface area contributed by atoms with Crippen molar-refractivity contribution in [3.63, 3.8) is 0 Å². The van der Waals surface area contributed by atoms with E-state index in [1.165, 1.54) is 0 Å². The molecule has 0 radical (unpaired) electrons. The van der Waals surface area contributed by atoms with Crippen LogP contribution in [0.2, 0.25) is 5.02 Å². The smallest absolute Gasteiger partial charge is 0.251 e. The first-order valence-corrected chi connectivity index (χ1v) is 7.29. The minimum Gasteiger partial charge on any atom is -0.496 e. The van der Waals surface area contributed by atoms with Crippen LogP contribution in [0.4, 0.5) is 0 Å². The molecule has 0 fully saturated rings. The number of rotatable bonds is 6. The van der Waals surface area contributed by atoms with Crippen LogP contribution in [0.25, 0.3) is 0 Å². The summed E-state index contributed by atoms with van der Waals surface area (Å²) in [5.41, 5.74) is 1.53. The third-order valence-corrected chi connectivity index (χ3v) is 3.48. The molecule has 0 aliphatic carbocycles. The maximum atomic E-state index is 11.7. The van der Waals surface area contributed by atoms with Gasteiger partial charge in [-0.25, -0.2) is 0 Å². The molecule has 0 aromatic heterocycles. The molecule has 1 N–H and O–H groups in total. The van der Waals surface area contributed by atoms with Gasteiger partial charge in [0.05, 0.1) is 13.7 Å². The third kappa shape index (κ3) is 4.15. The maximum Gasteiger partial charge on any atom is 0.251 e. The maximum absolute atomic E-state index is 11.7. The summed E-state index contributed by atoms with van der Waals surface area (Å²) in [7, 11) is 3.22. The molecule has 0 atom stereocenters. The van der Waals surface area contributed by atoms with Gasteiger partial charge in [0.15, 0.2) is 0 Å². The fourth-order valence-corrected chi connectivity index (χ4v) is 2.20. The molecular weight excluding hydrogens is 302 g/mol. The van der Waals surface area contributed by atoms with Crippen molar-refractivity contribution in [3.05, 3.63) is 58.6 Å². The summed E-state index contributed by atoms with van der Waals surface area (Å²) in [4.78, 5) is 11.7. The Balaban J connectivity index is 2.04. The Labute approximate surface area is 135 Å². The zero-order chi connectivity index (χ0) is 15.9. The van der Waals surface area contributed by atoms with Crippen LogP contribution in [0.15, 0.2) is 42.5 Å². The fraction of sp³-hybridized carbons (Fsp3) is 0.235. The van der Waals surface area contributed by atoms with Gasteiger partial charge in [0.1, 0.15) is 11.5 Å². The second kappa shape index (κ2) is 7.71. The van der Waals surface area contributed by atoms with Crippen LogP contribution < -0.4 is 14.8 Å². The summed E-state index contributed by atoms with van der Waals surface area (Å²) >= 11 is 5.83. The molecule has 5 heteroatoms. The topological polar surface area (TPSA) is 47.6 Å².